The molecule has 1 nitrogen and oxygen atoms in total. The molecule has 1 radical (unpaired) electrons. The highest BCUT2D eigenvalue weighted by Gasteiger charge is 2.16. The second-order valence-electron chi connectivity index (χ2n) is 3.80. The number of aryl methyl sites for hydroxylation is 1. The molecular weight excluding hydrogens is 239 g/mol. The van der Waals surface area contributed by atoms with Gasteiger partial charge in [0.1, 0.15) is 17.5 Å². The molecule has 0 heterocycles. The van der Waals surface area contributed by atoms with E-state index >= 15 is 0 Å². The standard InChI is InChI=1S/C14H7F3N/c1-8-2-3-11(15)10(4-8)14-12(16)5-9(7-18)6-13(14)17/h3-6H,1H3. The van der Waals surface area contributed by atoms with E-state index in [9.17, 15) is 13.2 Å². The monoisotopic (exact) mass is 246 g/mol. The smallest absolute Gasteiger partial charge is 0.135 e. The minimum Gasteiger partial charge on any atom is -0.206 e. The maximum atomic E-state index is 13.7. The first kappa shape index (κ1) is 12.2. The third-order valence-corrected chi connectivity index (χ3v) is 2.49. The quantitative estimate of drug-likeness (QED) is 0.751. The molecule has 0 N–H and O–H groups in total. The molecule has 0 atom stereocenters. The van der Waals surface area contributed by atoms with Gasteiger partial charge in [0.05, 0.1) is 17.2 Å². The lowest BCUT2D eigenvalue weighted by atomic mass is 10.0. The lowest BCUT2D eigenvalue weighted by Crippen LogP contribution is -1.95. The van der Waals surface area contributed by atoms with Gasteiger partial charge >= 0.3 is 0 Å². The average Bonchev–Trinajstić information content (AvgIpc) is 2.32. The topological polar surface area (TPSA) is 23.8 Å². The summed E-state index contributed by atoms with van der Waals surface area (Å²) in [5.41, 5.74) is -0.225. The fourth-order valence-corrected chi connectivity index (χ4v) is 1.67. The largest absolute Gasteiger partial charge is 0.206 e. The predicted molar refractivity (Wildman–Crippen MR) is 60.0 cm³/mol. The molecule has 18 heavy (non-hydrogen) atoms. The maximum Gasteiger partial charge on any atom is 0.135 e. The molecule has 0 amide bonds. The van der Waals surface area contributed by atoms with E-state index in [4.69, 9.17) is 5.26 Å². The highest BCUT2D eigenvalue weighted by Crippen LogP contribution is 2.29. The average molecular weight is 246 g/mol. The van der Waals surface area contributed by atoms with Crippen LogP contribution in [0.15, 0.2) is 24.3 Å². The van der Waals surface area contributed by atoms with Crippen molar-refractivity contribution in [3.63, 3.8) is 0 Å². The Morgan fingerprint density at radius 1 is 1.06 bits per heavy atom. The van der Waals surface area contributed by atoms with Crippen molar-refractivity contribution in [2.45, 2.75) is 6.92 Å². The highest BCUT2D eigenvalue weighted by molar-refractivity contribution is 5.67. The van der Waals surface area contributed by atoms with Crippen molar-refractivity contribution < 1.29 is 13.2 Å². The first-order valence-corrected chi connectivity index (χ1v) is 5.10. The van der Waals surface area contributed by atoms with Gasteiger partial charge in [0.25, 0.3) is 0 Å². The zero-order chi connectivity index (χ0) is 13.3. The number of hydrogen-bond acceptors (Lipinski definition) is 1. The Labute approximate surface area is 102 Å². The highest BCUT2D eigenvalue weighted by atomic mass is 19.1. The Morgan fingerprint density at radius 3 is 2.22 bits per heavy atom. The minimum atomic E-state index is -0.962. The molecule has 0 aliphatic carbocycles. The van der Waals surface area contributed by atoms with E-state index in [1.54, 1.807) is 13.0 Å². The molecule has 0 spiro atoms. The van der Waals surface area contributed by atoms with Gasteiger partial charge in [-0.15, -0.1) is 0 Å². The van der Waals surface area contributed by atoms with Crippen molar-refractivity contribution in [1.29, 1.82) is 5.26 Å². The zero-order valence-electron chi connectivity index (χ0n) is 9.39. The summed E-state index contributed by atoms with van der Waals surface area (Å²) in [6.45, 7) is 1.64. The molecule has 0 aliphatic heterocycles. The summed E-state index contributed by atoms with van der Waals surface area (Å²) in [4.78, 5) is 0. The Bertz CT molecular complexity index is 634. The van der Waals surface area contributed by atoms with Gasteiger partial charge in [-0.2, -0.15) is 5.26 Å². The van der Waals surface area contributed by atoms with Crippen LogP contribution in [0.2, 0.25) is 0 Å². The van der Waals surface area contributed by atoms with Crippen LogP contribution >= 0.6 is 0 Å². The summed E-state index contributed by atoms with van der Waals surface area (Å²) in [5, 5.41) is 8.58. The molecule has 2 rings (SSSR count). The number of benzene rings is 2. The van der Waals surface area contributed by atoms with Gasteiger partial charge in [0, 0.05) is 5.56 Å². The second-order valence-corrected chi connectivity index (χ2v) is 3.80. The third-order valence-electron chi connectivity index (χ3n) is 2.49. The van der Waals surface area contributed by atoms with Gasteiger partial charge in [0.2, 0.25) is 0 Å². The molecule has 0 saturated carbocycles. The summed E-state index contributed by atoms with van der Waals surface area (Å²) in [6.07, 6.45) is 0. The zero-order valence-corrected chi connectivity index (χ0v) is 9.39. The van der Waals surface area contributed by atoms with Crippen LogP contribution in [-0.2, 0) is 0 Å². The molecule has 89 valence electrons. The molecule has 0 aromatic heterocycles. The summed E-state index contributed by atoms with van der Waals surface area (Å²) in [6, 6.07) is 8.33. The summed E-state index contributed by atoms with van der Waals surface area (Å²) in [5.74, 6) is -2.68. The van der Waals surface area contributed by atoms with E-state index in [2.05, 4.69) is 6.07 Å². The lowest BCUT2D eigenvalue weighted by Gasteiger charge is -2.08. The Balaban J connectivity index is 2.72. The molecular formula is C14H7F3N. The van der Waals surface area contributed by atoms with E-state index in [0.29, 0.717) is 5.56 Å². The number of nitrogens with zero attached hydrogens (tertiary/aromatic N) is 1. The van der Waals surface area contributed by atoms with E-state index in [1.165, 1.54) is 6.07 Å². The van der Waals surface area contributed by atoms with Gasteiger partial charge in [-0.3, -0.25) is 0 Å². The number of nitriles is 1. The van der Waals surface area contributed by atoms with Crippen LogP contribution in [0.5, 0.6) is 0 Å². The fraction of sp³-hybridized carbons (Fsp3) is 0.0714. The Morgan fingerprint density at radius 2 is 1.67 bits per heavy atom. The van der Waals surface area contributed by atoms with Crippen LogP contribution in [-0.4, -0.2) is 0 Å². The molecule has 4 heteroatoms. The van der Waals surface area contributed by atoms with Crippen molar-refractivity contribution >= 4 is 0 Å². The van der Waals surface area contributed by atoms with Crippen molar-refractivity contribution in [3.05, 3.63) is 58.9 Å². The SMILES string of the molecule is Cc1[c]cc(F)c(-c2c(F)cc(C#N)cc2F)c1. The summed E-state index contributed by atoms with van der Waals surface area (Å²) < 4.78 is 41.0. The van der Waals surface area contributed by atoms with Gasteiger partial charge in [-0.25, -0.2) is 13.2 Å². The molecule has 0 bridgehead atoms. The van der Waals surface area contributed by atoms with E-state index in [-0.39, 0.29) is 11.1 Å². The molecule has 2 aromatic carbocycles. The van der Waals surface area contributed by atoms with Crippen LogP contribution in [0.3, 0.4) is 0 Å². The van der Waals surface area contributed by atoms with Crippen molar-refractivity contribution in [1.82, 2.24) is 0 Å². The van der Waals surface area contributed by atoms with Crippen LogP contribution in [0.1, 0.15) is 11.1 Å². The van der Waals surface area contributed by atoms with Crippen LogP contribution in [0.25, 0.3) is 11.1 Å². The fourth-order valence-electron chi connectivity index (χ4n) is 1.67. The Hall–Kier alpha value is -2.28. The van der Waals surface area contributed by atoms with E-state index in [1.807, 2.05) is 0 Å². The number of halogens is 3. The lowest BCUT2D eigenvalue weighted by molar-refractivity contribution is 0.581. The molecule has 0 saturated heterocycles. The van der Waals surface area contributed by atoms with Gasteiger partial charge in [-0.05, 0) is 42.8 Å². The Kier molecular flexibility index (Phi) is 3.07. The van der Waals surface area contributed by atoms with E-state index < -0.39 is 23.0 Å². The normalized spacial score (nSPS) is 10.2. The van der Waals surface area contributed by atoms with Crippen molar-refractivity contribution in [2.24, 2.45) is 0 Å². The van der Waals surface area contributed by atoms with Crippen LogP contribution in [0.4, 0.5) is 13.2 Å². The van der Waals surface area contributed by atoms with Gasteiger partial charge in [-0.1, -0.05) is 0 Å². The predicted octanol–water partition coefficient (Wildman–Crippen LogP) is 3.75. The summed E-state index contributed by atoms with van der Waals surface area (Å²) in [7, 11) is 0. The molecule has 0 fully saturated rings. The third kappa shape index (κ3) is 2.07. The van der Waals surface area contributed by atoms with Crippen molar-refractivity contribution in [2.75, 3.05) is 0 Å². The first-order valence-electron chi connectivity index (χ1n) is 5.10. The second kappa shape index (κ2) is 4.53. The molecule has 2 aromatic rings. The number of hydrogen-bond donors (Lipinski definition) is 0. The minimum absolute atomic E-state index is 0.145. The van der Waals surface area contributed by atoms with E-state index in [0.717, 1.165) is 18.2 Å². The first-order chi connectivity index (χ1) is 8.52. The molecule has 0 unspecified atom stereocenters. The molecule has 0 aliphatic rings. The summed E-state index contributed by atoms with van der Waals surface area (Å²) >= 11 is 0. The van der Waals surface area contributed by atoms with Gasteiger partial charge in [0.15, 0.2) is 0 Å². The maximum absolute atomic E-state index is 13.7. The van der Waals surface area contributed by atoms with Crippen LogP contribution in [0, 0.1) is 41.8 Å². The van der Waals surface area contributed by atoms with Crippen molar-refractivity contribution in [3.8, 4) is 17.2 Å². The van der Waals surface area contributed by atoms with Gasteiger partial charge < -0.3 is 0 Å². The van der Waals surface area contributed by atoms with Crippen LogP contribution < -0.4 is 0 Å². The number of rotatable bonds is 1.